The molecule has 1 N–H and O–H groups in total. The highest BCUT2D eigenvalue weighted by atomic mass is 16.4. The number of piperazine rings is 1. The molecular weight excluding hydrogens is 386 g/mol. The van der Waals surface area contributed by atoms with E-state index in [-0.39, 0.29) is 5.63 Å². The van der Waals surface area contributed by atoms with Gasteiger partial charge in [0.2, 0.25) is 0 Å². The summed E-state index contributed by atoms with van der Waals surface area (Å²) in [6.45, 7) is 8.36. The largest absolute Gasteiger partial charge is 0.422 e. The monoisotopic (exact) mass is 417 g/mol. The van der Waals surface area contributed by atoms with E-state index in [1.807, 2.05) is 12.1 Å². The average Bonchev–Trinajstić information content (AvgIpc) is 3.26. The molecule has 0 amide bonds. The first-order valence-corrected chi connectivity index (χ1v) is 11.6. The molecule has 0 unspecified atom stereocenters. The molecule has 3 heterocycles. The van der Waals surface area contributed by atoms with Gasteiger partial charge in [-0.1, -0.05) is 24.6 Å². The minimum atomic E-state index is -0.250. The van der Waals surface area contributed by atoms with Crippen molar-refractivity contribution in [1.82, 2.24) is 10.2 Å². The van der Waals surface area contributed by atoms with E-state index in [0.29, 0.717) is 11.1 Å². The molecule has 0 atom stereocenters. The summed E-state index contributed by atoms with van der Waals surface area (Å²) < 4.78 is 5.84. The van der Waals surface area contributed by atoms with Crippen molar-refractivity contribution < 1.29 is 4.42 Å². The van der Waals surface area contributed by atoms with Crippen LogP contribution in [0.15, 0.2) is 63.0 Å². The highest BCUT2D eigenvalue weighted by Crippen LogP contribution is 2.32. The van der Waals surface area contributed by atoms with Gasteiger partial charge < -0.3 is 19.5 Å². The van der Waals surface area contributed by atoms with Crippen molar-refractivity contribution in [2.24, 2.45) is 0 Å². The van der Waals surface area contributed by atoms with E-state index in [0.717, 1.165) is 68.8 Å². The predicted molar refractivity (Wildman–Crippen MR) is 127 cm³/mol. The Morgan fingerprint density at radius 1 is 1.03 bits per heavy atom. The van der Waals surface area contributed by atoms with Gasteiger partial charge in [-0.15, -0.1) is 0 Å². The SMILES string of the molecule is CCC1=C(c2cc3ccc(N4CCNCC4)cc3oc2=O)C=CC=C(N2CCCC2)C1. The third kappa shape index (κ3) is 4.07. The summed E-state index contributed by atoms with van der Waals surface area (Å²) in [5, 5.41) is 4.35. The van der Waals surface area contributed by atoms with E-state index in [4.69, 9.17) is 4.42 Å². The molecule has 162 valence electrons. The molecule has 2 fully saturated rings. The fourth-order valence-electron chi connectivity index (χ4n) is 4.97. The van der Waals surface area contributed by atoms with E-state index in [1.165, 1.54) is 24.1 Å². The highest BCUT2D eigenvalue weighted by molar-refractivity contribution is 5.86. The van der Waals surface area contributed by atoms with Crippen LogP contribution >= 0.6 is 0 Å². The van der Waals surface area contributed by atoms with Gasteiger partial charge in [0.05, 0.1) is 5.56 Å². The number of nitrogens with one attached hydrogen (secondary N) is 1. The van der Waals surface area contributed by atoms with Gasteiger partial charge in [0, 0.05) is 68.5 Å². The van der Waals surface area contributed by atoms with Crippen LogP contribution in [0.3, 0.4) is 0 Å². The maximum Gasteiger partial charge on any atom is 0.344 e. The van der Waals surface area contributed by atoms with Crippen molar-refractivity contribution in [1.29, 1.82) is 0 Å². The molecule has 0 saturated carbocycles. The first-order chi connectivity index (χ1) is 15.2. The van der Waals surface area contributed by atoms with Crippen LogP contribution in [0.2, 0.25) is 0 Å². The maximum atomic E-state index is 13.0. The summed E-state index contributed by atoms with van der Waals surface area (Å²) in [5.41, 5.74) is 5.90. The van der Waals surface area contributed by atoms with E-state index in [9.17, 15) is 4.79 Å². The predicted octanol–water partition coefficient (Wildman–Crippen LogP) is 4.31. The van der Waals surface area contributed by atoms with Crippen molar-refractivity contribution >= 4 is 22.2 Å². The second-order valence-electron chi connectivity index (χ2n) is 8.67. The second-order valence-corrected chi connectivity index (χ2v) is 8.67. The van der Waals surface area contributed by atoms with E-state index in [2.05, 4.69) is 52.4 Å². The summed E-state index contributed by atoms with van der Waals surface area (Å²) >= 11 is 0. The van der Waals surface area contributed by atoms with Crippen LogP contribution in [-0.4, -0.2) is 44.2 Å². The van der Waals surface area contributed by atoms with Gasteiger partial charge in [0.15, 0.2) is 0 Å². The molecule has 2 aliphatic heterocycles. The van der Waals surface area contributed by atoms with Crippen LogP contribution in [0.5, 0.6) is 0 Å². The lowest BCUT2D eigenvalue weighted by atomic mass is 9.96. The van der Waals surface area contributed by atoms with Crippen LogP contribution < -0.4 is 15.8 Å². The van der Waals surface area contributed by atoms with Crippen molar-refractivity contribution in [2.75, 3.05) is 44.2 Å². The Kier molecular flexibility index (Phi) is 5.68. The smallest absolute Gasteiger partial charge is 0.344 e. The summed E-state index contributed by atoms with van der Waals surface area (Å²) in [7, 11) is 0. The van der Waals surface area contributed by atoms with E-state index >= 15 is 0 Å². The zero-order valence-corrected chi connectivity index (χ0v) is 18.3. The summed E-state index contributed by atoms with van der Waals surface area (Å²) in [5.74, 6) is 0. The van der Waals surface area contributed by atoms with Crippen molar-refractivity contribution in [3.63, 3.8) is 0 Å². The second kappa shape index (κ2) is 8.75. The van der Waals surface area contributed by atoms with Crippen molar-refractivity contribution in [2.45, 2.75) is 32.6 Å². The normalized spacial score (nSPS) is 19.8. The minimum Gasteiger partial charge on any atom is -0.422 e. The average molecular weight is 418 g/mol. The molecule has 2 aromatic rings. The molecule has 1 aromatic carbocycles. The molecule has 0 bridgehead atoms. The molecule has 2 saturated heterocycles. The molecule has 5 rings (SSSR count). The van der Waals surface area contributed by atoms with Crippen LogP contribution in [0, 0.1) is 0 Å². The van der Waals surface area contributed by atoms with Crippen LogP contribution in [0.1, 0.15) is 38.2 Å². The van der Waals surface area contributed by atoms with Crippen LogP contribution in [-0.2, 0) is 0 Å². The van der Waals surface area contributed by atoms with Gasteiger partial charge in [0.25, 0.3) is 0 Å². The third-order valence-electron chi connectivity index (χ3n) is 6.76. The highest BCUT2D eigenvalue weighted by Gasteiger charge is 2.20. The third-order valence-corrected chi connectivity index (χ3v) is 6.76. The summed E-state index contributed by atoms with van der Waals surface area (Å²) in [4.78, 5) is 17.9. The first kappa shape index (κ1) is 20.1. The number of allylic oxidation sites excluding steroid dienone is 5. The van der Waals surface area contributed by atoms with E-state index < -0.39 is 0 Å². The maximum absolute atomic E-state index is 13.0. The lowest BCUT2D eigenvalue weighted by Gasteiger charge is -2.29. The number of hydrogen-bond acceptors (Lipinski definition) is 5. The molecular formula is C26H31N3O2. The molecule has 31 heavy (non-hydrogen) atoms. The number of benzene rings is 1. The topological polar surface area (TPSA) is 48.7 Å². The Morgan fingerprint density at radius 3 is 2.61 bits per heavy atom. The Morgan fingerprint density at radius 2 is 1.84 bits per heavy atom. The number of fused-ring (bicyclic) bond motifs is 1. The first-order valence-electron chi connectivity index (χ1n) is 11.6. The molecule has 5 heteroatoms. The Hall–Kier alpha value is -2.79. The van der Waals surface area contributed by atoms with Gasteiger partial charge in [0.1, 0.15) is 5.58 Å². The standard InChI is InChI=1S/C26H31N3O2/c1-2-19-16-21(28-12-3-4-13-28)6-5-7-23(19)24-17-20-8-9-22(18-25(20)31-26(24)30)29-14-10-27-11-15-29/h5-9,17-18,27H,2-4,10-16H2,1H3. The van der Waals surface area contributed by atoms with Gasteiger partial charge in [-0.25, -0.2) is 4.79 Å². The van der Waals surface area contributed by atoms with E-state index in [1.54, 1.807) is 0 Å². The Balaban J connectivity index is 1.50. The Bertz CT molecular complexity index is 1110. The van der Waals surface area contributed by atoms with Crippen LogP contribution in [0.4, 0.5) is 5.69 Å². The number of likely N-dealkylation sites (tertiary alicyclic amines) is 1. The zero-order valence-electron chi connectivity index (χ0n) is 18.3. The van der Waals surface area contributed by atoms with Gasteiger partial charge in [-0.2, -0.15) is 0 Å². The zero-order chi connectivity index (χ0) is 21.2. The Labute approximate surface area is 183 Å². The quantitative estimate of drug-likeness (QED) is 0.752. The van der Waals surface area contributed by atoms with Gasteiger partial charge in [-0.3, -0.25) is 0 Å². The fourth-order valence-corrected chi connectivity index (χ4v) is 4.97. The molecule has 1 aromatic heterocycles. The summed E-state index contributed by atoms with van der Waals surface area (Å²) in [6.07, 6.45) is 10.8. The lowest BCUT2D eigenvalue weighted by Crippen LogP contribution is -2.43. The molecule has 1 aliphatic carbocycles. The van der Waals surface area contributed by atoms with Crippen molar-refractivity contribution in [3.8, 4) is 0 Å². The van der Waals surface area contributed by atoms with Gasteiger partial charge >= 0.3 is 5.63 Å². The molecule has 5 nitrogen and oxygen atoms in total. The molecule has 0 radical (unpaired) electrons. The van der Waals surface area contributed by atoms with Gasteiger partial charge in [-0.05, 0) is 49.1 Å². The number of hydrogen-bond donors (Lipinski definition) is 1. The fraction of sp³-hybridized carbons (Fsp3) is 0.423. The summed E-state index contributed by atoms with van der Waals surface area (Å²) in [6, 6.07) is 8.25. The van der Waals surface area contributed by atoms with Crippen molar-refractivity contribution in [3.05, 3.63) is 69.7 Å². The number of rotatable bonds is 4. The lowest BCUT2D eigenvalue weighted by molar-refractivity contribution is 0.415. The van der Waals surface area contributed by atoms with Crippen LogP contribution in [0.25, 0.3) is 16.5 Å². The number of nitrogens with zero attached hydrogens (tertiary/aromatic N) is 2. The molecule has 0 spiro atoms. The number of anilines is 1. The minimum absolute atomic E-state index is 0.250. The molecule has 3 aliphatic rings.